The lowest BCUT2D eigenvalue weighted by molar-refractivity contribution is -0.00892. The molecule has 0 saturated heterocycles. The van der Waals surface area contributed by atoms with Gasteiger partial charge in [-0.05, 0) is 31.2 Å². The van der Waals surface area contributed by atoms with Gasteiger partial charge in [0.25, 0.3) is 0 Å². The Bertz CT molecular complexity index is 355. The number of hydrogen-bond acceptors (Lipinski definition) is 2. The summed E-state index contributed by atoms with van der Waals surface area (Å²) in [4.78, 5) is 0. The Kier molecular flexibility index (Phi) is 3.96. The monoisotopic (exact) mass is 245 g/mol. The first-order valence-corrected chi connectivity index (χ1v) is 7.35. The van der Waals surface area contributed by atoms with Crippen molar-refractivity contribution in [3.63, 3.8) is 0 Å². The zero-order valence-electron chi connectivity index (χ0n) is 11.0. The summed E-state index contributed by atoms with van der Waals surface area (Å²) < 4.78 is 6.31. The van der Waals surface area contributed by atoms with Crippen LogP contribution in [-0.4, -0.2) is 18.7 Å². The molecule has 2 nitrogen and oxygen atoms in total. The van der Waals surface area contributed by atoms with Gasteiger partial charge in [0.2, 0.25) is 0 Å². The zero-order valence-corrected chi connectivity index (χ0v) is 11.0. The lowest BCUT2D eigenvalue weighted by atomic mass is 10.1. The van der Waals surface area contributed by atoms with E-state index in [0.29, 0.717) is 6.10 Å². The summed E-state index contributed by atoms with van der Waals surface area (Å²) in [5.41, 5.74) is 1.32. The molecule has 98 valence electrons. The van der Waals surface area contributed by atoms with Crippen molar-refractivity contribution in [2.24, 2.45) is 0 Å². The number of rotatable bonds is 6. The third kappa shape index (κ3) is 3.33. The van der Waals surface area contributed by atoms with Crippen molar-refractivity contribution < 1.29 is 4.74 Å². The maximum Gasteiger partial charge on any atom is 0.0953 e. The van der Waals surface area contributed by atoms with Gasteiger partial charge in [0.05, 0.1) is 12.2 Å². The van der Waals surface area contributed by atoms with Gasteiger partial charge < -0.3 is 10.1 Å². The summed E-state index contributed by atoms with van der Waals surface area (Å²) >= 11 is 0. The summed E-state index contributed by atoms with van der Waals surface area (Å²) in [5.74, 6) is 0. The maximum absolute atomic E-state index is 6.31. The molecule has 1 aromatic rings. The highest BCUT2D eigenvalue weighted by molar-refractivity contribution is 5.18. The average molecular weight is 245 g/mol. The highest BCUT2D eigenvalue weighted by atomic mass is 16.5. The molecular formula is C16H23NO. The molecule has 1 unspecified atom stereocenters. The molecule has 2 aliphatic carbocycles. The van der Waals surface area contributed by atoms with Crippen LogP contribution in [0.15, 0.2) is 30.3 Å². The Labute approximate surface area is 110 Å². The van der Waals surface area contributed by atoms with Crippen LogP contribution in [-0.2, 0) is 4.74 Å². The molecular weight excluding hydrogens is 222 g/mol. The summed E-state index contributed by atoms with van der Waals surface area (Å²) in [6.45, 7) is 0.963. The van der Waals surface area contributed by atoms with E-state index in [-0.39, 0.29) is 6.10 Å². The zero-order chi connectivity index (χ0) is 12.2. The van der Waals surface area contributed by atoms with Crippen molar-refractivity contribution >= 4 is 0 Å². The Morgan fingerprint density at radius 2 is 1.78 bits per heavy atom. The molecule has 3 rings (SSSR count). The molecule has 0 aliphatic heterocycles. The molecule has 18 heavy (non-hydrogen) atoms. The van der Waals surface area contributed by atoms with E-state index >= 15 is 0 Å². The quantitative estimate of drug-likeness (QED) is 0.829. The van der Waals surface area contributed by atoms with Crippen molar-refractivity contribution in [3.05, 3.63) is 35.9 Å². The molecule has 1 aromatic carbocycles. The third-order valence-corrected chi connectivity index (χ3v) is 4.00. The van der Waals surface area contributed by atoms with Crippen LogP contribution in [0.3, 0.4) is 0 Å². The largest absolute Gasteiger partial charge is 0.369 e. The second kappa shape index (κ2) is 5.85. The van der Waals surface area contributed by atoms with Gasteiger partial charge in [-0.3, -0.25) is 0 Å². The number of hydrogen-bond donors (Lipinski definition) is 1. The molecule has 0 spiro atoms. The molecule has 0 heterocycles. The van der Waals surface area contributed by atoms with Gasteiger partial charge in [0, 0.05) is 12.6 Å². The van der Waals surface area contributed by atoms with Gasteiger partial charge in [-0.1, -0.05) is 43.2 Å². The van der Waals surface area contributed by atoms with Gasteiger partial charge in [-0.15, -0.1) is 0 Å². The molecule has 0 bridgehead atoms. The van der Waals surface area contributed by atoms with Crippen molar-refractivity contribution in [1.29, 1.82) is 0 Å². The third-order valence-electron chi connectivity index (χ3n) is 4.00. The summed E-state index contributed by atoms with van der Waals surface area (Å²) in [6.07, 6.45) is 8.55. The van der Waals surface area contributed by atoms with Crippen LogP contribution < -0.4 is 5.32 Å². The van der Waals surface area contributed by atoms with Gasteiger partial charge in [-0.25, -0.2) is 0 Å². The minimum atomic E-state index is 0.231. The van der Waals surface area contributed by atoms with E-state index in [4.69, 9.17) is 4.74 Å². The first-order valence-electron chi connectivity index (χ1n) is 7.35. The molecule has 2 heteroatoms. The summed E-state index contributed by atoms with van der Waals surface area (Å²) in [6, 6.07) is 11.4. The minimum absolute atomic E-state index is 0.231. The smallest absolute Gasteiger partial charge is 0.0953 e. The maximum atomic E-state index is 6.31. The summed E-state index contributed by atoms with van der Waals surface area (Å²) in [5, 5.41) is 3.60. The van der Waals surface area contributed by atoms with Gasteiger partial charge >= 0.3 is 0 Å². The summed E-state index contributed by atoms with van der Waals surface area (Å²) in [7, 11) is 0. The van der Waals surface area contributed by atoms with Crippen molar-refractivity contribution in [3.8, 4) is 0 Å². The molecule has 0 radical (unpaired) electrons. The molecule has 0 aromatic heterocycles. The fourth-order valence-electron chi connectivity index (χ4n) is 2.73. The molecule has 1 N–H and O–H groups in total. The Hall–Kier alpha value is -0.860. The predicted octanol–water partition coefficient (Wildman–Crippen LogP) is 3.44. The van der Waals surface area contributed by atoms with Gasteiger partial charge in [0.1, 0.15) is 0 Å². The normalized spacial score (nSPS) is 22.2. The van der Waals surface area contributed by atoms with Crippen LogP contribution in [0.5, 0.6) is 0 Å². The SMILES string of the molecule is c1ccc(C(CNC2CC2)OC2CCCC2)cc1. The van der Waals surface area contributed by atoms with E-state index in [1.165, 1.54) is 44.1 Å². The Balaban J connectivity index is 1.61. The van der Waals surface area contributed by atoms with Gasteiger partial charge in [0.15, 0.2) is 0 Å². The minimum Gasteiger partial charge on any atom is -0.369 e. The highest BCUT2D eigenvalue weighted by Crippen LogP contribution is 2.28. The molecule has 2 fully saturated rings. The lowest BCUT2D eigenvalue weighted by Gasteiger charge is -2.23. The fraction of sp³-hybridized carbons (Fsp3) is 0.625. The fourth-order valence-corrected chi connectivity index (χ4v) is 2.73. The molecule has 2 aliphatic rings. The molecule has 0 amide bonds. The standard InChI is InChI=1S/C16H23NO/c1-2-6-13(7-3-1)16(12-17-14-10-11-14)18-15-8-4-5-9-15/h1-3,6-7,14-17H,4-5,8-12H2. The van der Waals surface area contributed by atoms with Crippen LogP contribution in [0.2, 0.25) is 0 Å². The topological polar surface area (TPSA) is 21.3 Å². The average Bonchev–Trinajstić information content (AvgIpc) is 3.11. The van der Waals surface area contributed by atoms with Crippen molar-refractivity contribution in [2.75, 3.05) is 6.54 Å². The molecule has 2 saturated carbocycles. The number of benzene rings is 1. The van der Waals surface area contributed by atoms with Crippen LogP contribution in [0.25, 0.3) is 0 Å². The van der Waals surface area contributed by atoms with Crippen LogP contribution in [0.1, 0.15) is 50.2 Å². The van der Waals surface area contributed by atoms with Crippen molar-refractivity contribution in [1.82, 2.24) is 5.32 Å². The second-order valence-electron chi connectivity index (χ2n) is 5.62. The van der Waals surface area contributed by atoms with Crippen LogP contribution in [0.4, 0.5) is 0 Å². The predicted molar refractivity (Wildman–Crippen MR) is 73.5 cm³/mol. The molecule has 1 atom stereocenters. The first-order chi connectivity index (χ1) is 8.92. The van der Waals surface area contributed by atoms with Crippen LogP contribution in [0, 0.1) is 0 Å². The van der Waals surface area contributed by atoms with E-state index in [1.54, 1.807) is 0 Å². The highest BCUT2D eigenvalue weighted by Gasteiger charge is 2.25. The lowest BCUT2D eigenvalue weighted by Crippen LogP contribution is -2.27. The van der Waals surface area contributed by atoms with E-state index < -0.39 is 0 Å². The van der Waals surface area contributed by atoms with Gasteiger partial charge in [-0.2, -0.15) is 0 Å². The van der Waals surface area contributed by atoms with E-state index in [9.17, 15) is 0 Å². The number of nitrogens with one attached hydrogen (secondary N) is 1. The Morgan fingerprint density at radius 1 is 1.06 bits per heavy atom. The van der Waals surface area contributed by atoms with E-state index in [0.717, 1.165) is 12.6 Å². The van der Waals surface area contributed by atoms with Crippen molar-refractivity contribution in [2.45, 2.75) is 56.8 Å². The second-order valence-corrected chi connectivity index (χ2v) is 5.62. The first kappa shape index (κ1) is 12.2. The van der Waals surface area contributed by atoms with E-state index in [2.05, 4.69) is 35.6 Å². The van der Waals surface area contributed by atoms with Crippen LogP contribution >= 0.6 is 0 Å². The Morgan fingerprint density at radius 3 is 2.44 bits per heavy atom. The number of ether oxygens (including phenoxy) is 1. The van der Waals surface area contributed by atoms with E-state index in [1.807, 2.05) is 0 Å².